The minimum atomic E-state index is -2.36. The number of hydrogen-bond donors (Lipinski definition) is 1. The monoisotopic (exact) mass is 219 g/mol. The lowest BCUT2D eigenvalue weighted by Crippen LogP contribution is -1.87. The molecular weight excluding hydrogens is 208 g/mol. The lowest BCUT2D eigenvalue weighted by atomic mass is 10.0. The predicted molar refractivity (Wildman–Crippen MR) is 62.4 cm³/mol. The fourth-order valence-electron chi connectivity index (χ4n) is 1.65. The Kier molecular flexibility index (Phi) is 2.73. The fourth-order valence-corrected chi connectivity index (χ4v) is 2.14. The molecule has 0 unspecified atom stereocenters. The summed E-state index contributed by atoms with van der Waals surface area (Å²) in [4.78, 5) is 0. The molecule has 1 radical (unpaired) electrons. The van der Waals surface area contributed by atoms with Crippen LogP contribution in [0.15, 0.2) is 36.4 Å². The third-order valence-electron chi connectivity index (χ3n) is 2.35. The molecule has 0 amide bonds. The number of fused-ring (bicyclic) bond motifs is 1. The largest absolute Gasteiger partial charge is 0.232 e. The van der Waals surface area contributed by atoms with Crippen LogP contribution in [0.2, 0.25) is 0 Å². The van der Waals surface area contributed by atoms with Gasteiger partial charge < -0.3 is 0 Å². The van der Waals surface area contributed by atoms with Gasteiger partial charge in [0.1, 0.15) is 10.7 Å². The molecule has 15 heavy (non-hydrogen) atoms. The van der Waals surface area contributed by atoms with Crippen molar-refractivity contribution in [3.63, 3.8) is 0 Å². The van der Waals surface area contributed by atoms with E-state index in [0.717, 1.165) is 21.9 Å². The third kappa shape index (κ3) is 2.18. The Balaban J connectivity index is 2.56. The van der Waals surface area contributed by atoms with Crippen LogP contribution in [0.4, 0.5) is 0 Å². The van der Waals surface area contributed by atoms with Gasteiger partial charge in [-0.05, 0) is 28.8 Å². The summed E-state index contributed by atoms with van der Waals surface area (Å²) in [5, 5.41) is 2.11. The molecule has 0 aromatic heterocycles. The molecule has 0 spiro atoms. The highest BCUT2D eigenvalue weighted by atomic mass is 32.2. The van der Waals surface area contributed by atoms with E-state index in [-0.39, 0.29) is 5.75 Å². The summed E-state index contributed by atoms with van der Waals surface area (Å²) in [6.45, 7) is 3.92. The second-order valence-electron chi connectivity index (χ2n) is 3.46. The van der Waals surface area contributed by atoms with Crippen molar-refractivity contribution in [2.45, 2.75) is 5.75 Å². The summed E-state index contributed by atoms with van der Waals surface area (Å²) in [5.41, 5.74) is 1.79. The topological polar surface area (TPSA) is 34.1 Å². The number of rotatable bonds is 2. The molecule has 0 aliphatic carbocycles. The van der Waals surface area contributed by atoms with Gasteiger partial charge in [-0.25, -0.2) is 8.42 Å². The van der Waals surface area contributed by atoms with Gasteiger partial charge in [-0.1, -0.05) is 36.4 Å². The van der Waals surface area contributed by atoms with Gasteiger partial charge in [-0.15, -0.1) is 0 Å². The predicted octanol–water partition coefficient (Wildman–Crippen LogP) is 2.13. The Labute approximate surface area is 90.5 Å². The zero-order chi connectivity index (χ0) is 10.8. The highest BCUT2D eigenvalue weighted by Crippen LogP contribution is 2.19. The Morgan fingerprint density at radius 3 is 2.67 bits per heavy atom. The van der Waals surface area contributed by atoms with Gasteiger partial charge in [0, 0.05) is 0 Å². The maximum atomic E-state index is 10.6. The molecule has 0 saturated carbocycles. The highest BCUT2D eigenvalue weighted by Gasteiger charge is 1.99. The van der Waals surface area contributed by atoms with Gasteiger partial charge in [0.15, 0.2) is 0 Å². The molecule has 0 heterocycles. The van der Waals surface area contributed by atoms with Crippen LogP contribution in [0.5, 0.6) is 0 Å². The van der Waals surface area contributed by atoms with Crippen LogP contribution in [0.25, 0.3) is 10.8 Å². The van der Waals surface area contributed by atoms with Crippen molar-refractivity contribution < 1.29 is 8.42 Å². The molecule has 0 bridgehead atoms. The molecule has 0 atom stereocenters. The van der Waals surface area contributed by atoms with Crippen molar-refractivity contribution in [3.05, 3.63) is 54.4 Å². The molecule has 0 fully saturated rings. The van der Waals surface area contributed by atoms with Crippen LogP contribution < -0.4 is 0 Å². The van der Waals surface area contributed by atoms with E-state index in [9.17, 15) is 8.42 Å². The molecule has 0 aliphatic rings. The van der Waals surface area contributed by atoms with E-state index >= 15 is 0 Å². The van der Waals surface area contributed by atoms with Crippen LogP contribution in [0, 0.1) is 6.92 Å². The van der Waals surface area contributed by atoms with Crippen LogP contribution in [0.1, 0.15) is 11.1 Å². The summed E-state index contributed by atoms with van der Waals surface area (Å²) in [6.07, 6.45) is 0. The van der Waals surface area contributed by atoms with Crippen LogP contribution >= 0.6 is 0 Å². The molecular formula is C12H11O2S. The number of thiol groups is 1. The van der Waals surface area contributed by atoms with Crippen LogP contribution in [-0.4, -0.2) is 8.42 Å². The Bertz CT molecular complexity index is 563. The van der Waals surface area contributed by atoms with E-state index in [1.165, 1.54) is 0 Å². The first-order valence-electron chi connectivity index (χ1n) is 4.62. The Hall–Kier alpha value is -1.35. The molecule has 2 rings (SSSR count). The lowest BCUT2D eigenvalue weighted by molar-refractivity contribution is 0.614. The average molecular weight is 219 g/mol. The van der Waals surface area contributed by atoms with E-state index in [0.29, 0.717) is 0 Å². The smallest absolute Gasteiger partial charge is 0.144 e. The summed E-state index contributed by atoms with van der Waals surface area (Å²) < 4.78 is 21.2. The molecule has 2 aromatic carbocycles. The van der Waals surface area contributed by atoms with Gasteiger partial charge in [0.2, 0.25) is 0 Å². The van der Waals surface area contributed by atoms with Crippen molar-refractivity contribution in [2.75, 3.05) is 0 Å². The standard InChI is InChI=1S/C12H11O2S/c1-9-3-2-4-11-7-10(8-15(13)14)5-6-12(9)11/h2-7,15H,1,8H2. The SMILES string of the molecule is [CH2]c1cccc2cc(C[SH](=O)=O)ccc12. The lowest BCUT2D eigenvalue weighted by Gasteiger charge is -2.03. The normalized spacial score (nSPS) is 11.1. The first-order chi connectivity index (χ1) is 7.16. The van der Waals surface area contributed by atoms with E-state index < -0.39 is 10.7 Å². The second-order valence-corrected chi connectivity index (χ2v) is 4.45. The number of hydrogen-bond acceptors (Lipinski definition) is 2. The Morgan fingerprint density at radius 2 is 1.93 bits per heavy atom. The molecule has 2 aromatic rings. The van der Waals surface area contributed by atoms with E-state index in [4.69, 9.17) is 0 Å². The minimum absolute atomic E-state index is 0.104. The zero-order valence-corrected chi connectivity index (χ0v) is 9.04. The maximum Gasteiger partial charge on any atom is 0.144 e. The minimum Gasteiger partial charge on any atom is -0.232 e. The molecule has 3 heteroatoms. The Morgan fingerprint density at radius 1 is 1.13 bits per heavy atom. The van der Waals surface area contributed by atoms with E-state index in [2.05, 4.69) is 6.92 Å². The quantitative estimate of drug-likeness (QED) is 0.785. The van der Waals surface area contributed by atoms with E-state index in [1.807, 2.05) is 36.4 Å². The highest BCUT2D eigenvalue weighted by molar-refractivity contribution is 7.71. The molecule has 0 aliphatic heterocycles. The summed E-state index contributed by atoms with van der Waals surface area (Å²) in [6, 6.07) is 11.5. The molecule has 77 valence electrons. The molecule has 0 N–H and O–H groups in total. The van der Waals surface area contributed by atoms with Crippen molar-refractivity contribution in [2.24, 2.45) is 0 Å². The van der Waals surface area contributed by atoms with Gasteiger partial charge >= 0.3 is 0 Å². The molecule has 2 nitrogen and oxygen atoms in total. The summed E-state index contributed by atoms with van der Waals surface area (Å²) in [7, 11) is -2.36. The van der Waals surface area contributed by atoms with Crippen molar-refractivity contribution in [1.82, 2.24) is 0 Å². The zero-order valence-electron chi connectivity index (χ0n) is 8.14. The number of benzene rings is 2. The van der Waals surface area contributed by atoms with Gasteiger partial charge in [-0.2, -0.15) is 0 Å². The molecule has 0 saturated heterocycles. The average Bonchev–Trinajstić information content (AvgIpc) is 2.17. The van der Waals surface area contributed by atoms with Crippen LogP contribution in [0.3, 0.4) is 0 Å². The first-order valence-corrected chi connectivity index (χ1v) is 5.98. The van der Waals surface area contributed by atoms with E-state index in [1.54, 1.807) is 0 Å². The first kappa shape index (κ1) is 10.2. The second kappa shape index (κ2) is 4.03. The van der Waals surface area contributed by atoms with Crippen molar-refractivity contribution in [3.8, 4) is 0 Å². The fraction of sp³-hybridized carbons (Fsp3) is 0.0833. The van der Waals surface area contributed by atoms with Gasteiger partial charge in [0.05, 0.1) is 5.75 Å². The third-order valence-corrected chi connectivity index (χ3v) is 2.97. The van der Waals surface area contributed by atoms with Crippen LogP contribution in [-0.2, 0) is 16.5 Å². The van der Waals surface area contributed by atoms with Crippen molar-refractivity contribution >= 4 is 21.5 Å². The summed E-state index contributed by atoms with van der Waals surface area (Å²) >= 11 is 0. The summed E-state index contributed by atoms with van der Waals surface area (Å²) in [5.74, 6) is 0.104. The van der Waals surface area contributed by atoms with Gasteiger partial charge in [0.25, 0.3) is 0 Å². The van der Waals surface area contributed by atoms with Crippen molar-refractivity contribution in [1.29, 1.82) is 0 Å². The van der Waals surface area contributed by atoms with Gasteiger partial charge in [-0.3, -0.25) is 0 Å². The maximum absolute atomic E-state index is 10.6.